The van der Waals surface area contributed by atoms with Gasteiger partial charge in [-0.15, -0.1) is 0 Å². The Bertz CT molecular complexity index is 425. The predicted octanol–water partition coefficient (Wildman–Crippen LogP) is 1.50. The Labute approximate surface area is 107 Å². The molecule has 0 radical (unpaired) electrons. The number of piperidine rings is 1. The van der Waals surface area contributed by atoms with Crippen LogP contribution in [0.1, 0.15) is 18.6 Å². The van der Waals surface area contributed by atoms with E-state index in [9.17, 15) is 4.79 Å². The van der Waals surface area contributed by atoms with Crippen molar-refractivity contribution in [3.8, 4) is 0 Å². The predicted molar refractivity (Wildman–Crippen MR) is 68.8 cm³/mol. The first kappa shape index (κ1) is 11.5. The summed E-state index contributed by atoms with van der Waals surface area (Å²) < 4.78 is 5.17. The summed E-state index contributed by atoms with van der Waals surface area (Å²) in [5, 5.41) is 3.50. The third-order valence-corrected chi connectivity index (χ3v) is 3.84. The maximum atomic E-state index is 12.1. The maximum Gasteiger partial charge on any atom is 0.246 e. The second-order valence-electron chi connectivity index (χ2n) is 5.05. The number of nitrogens with one attached hydrogen (secondary N) is 1. The van der Waals surface area contributed by atoms with Crippen LogP contribution in [0.3, 0.4) is 0 Å². The summed E-state index contributed by atoms with van der Waals surface area (Å²) in [6, 6.07) is 4.16. The average Bonchev–Trinajstić information content (AvgIpc) is 3.04. The van der Waals surface area contributed by atoms with Crippen LogP contribution in [-0.2, 0) is 4.79 Å². The van der Waals surface area contributed by atoms with Gasteiger partial charge in [-0.3, -0.25) is 4.79 Å². The standard InChI is InChI=1S/C14H18N2O2/c17-14(6-5-12-4-2-8-18-12)16-9-11-3-1-7-15-13(11)10-16/h2,4-6,8,11,13,15H,1,3,7,9-10H2/b6-5+. The molecule has 2 aliphatic rings. The van der Waals surface area contributed by atoms with E-state index < -0.39 is 0 Å². The SMILES string of the molecule is O=C(/C=C/c1ccco1)N1CC2CCCNC2C1. The van der Waals surface area contributed by atoms with E-state index in [0.717, 1.165) is 25.4 Å². The molecular formula is C14H18N2O2. The summed E-state index contributed by atoms with van der Waals surface area (Å²) in [7, 11) is 0. The van der Waals surface area contributed by atoms with Crippen molar-refractivity contribution in [2.75, 3.05) is 19.6 Å². The van der Waals surface area contributed by atoms with Crippen LogP contribution in [0.15, 0.2) is 28.9 Å². The molecule has 0 spiro atoms. The molecule has 2 fully saturated rings. The molecule has 18 heavy (non-hydrogen) atoms. The number of carbonyl (C=O) groups is 1. The Balaban J connectivity index is 1.60. The molecule has 0 aromatic carbocycles. The molecule has 1 N–H and O–H groups in total. The van der Waals surface area contributed by atoms with Crippen LogP contribution in [0.2, 0.25) is 0 Å². The third-order valence-electron chi connectivity index (χ3n) is 3.84. The van der Waals surface area contributed by atoms with Crippen LogP contribution in [-0.4, -0.2) is 36.5 Å². The number of nitrogens with zero attached hydrogens (tertiary/aromatic N) is 1. The second-order valence-corrected chi connectivity index (χ2v) is 5.05. The molecule has 3 rings (SSSR count). The zero-order valence-electron chi connectivity index (χ0n) is 10.3. The molecule has 2 saturated heterocycles. The minimum absolute atomic E-state index is 0.0857. The van der Waals surface area contributed by atoms with Crippen LogP contribution in [0, 0.1) is 5.92 Å². The zero-order valence-corrected chi connectivity index (χ0v) is 10.3. The van der Waals surface area contributed by atoms with Crippen LogP contribution < -0.4 is 5.32 Å². The van der Waals surface area contributed by atoms with Gasteiger partial charge in [-0.05, 0) is 43.5 Å². The van der Waals surface area contributed by atoms with Crippen LogP contribution in [0.4, 0.5) is 0 Å². The van der Waals surface area contributed by atoms with Crippen LogP contribution in [0.5, 0.6) is 0 Å². The first-order valence-electron chi connectivity index (χ1n) is 6.57. The summed E-state index contributed by atoms with van der Waals surface area (Å²) in [5.41, 5.74) is 0. The van der Waals surface area contributed by atoms with Gasteiger partial charge >= 0.3 is 0 Å². The number of furan rings is 1. The number of amides is 1. The molecule has 0 saturated carbocycles. The van der Waals surface area contributed by atoms with Crippen molar-refractivity contribution in [2.24, 2.45) is 5.92 Å². The number of likely N-dealkylation sites (tertiary alicyclic amines) is 1. The van der Waals surface area contributed by atoms with Gasteiger partial charge in [0.2, 0.25) is 5.91 Å². The van der Waals surface area contributed by atoms with Crippen molar-refractivity contribution in [2.45, 2.75) is 18.9 Å². The minimum Gasteiger partial charge on any atom is -0.465 e. The van der Waals surface area contributed by atoms with E-state index in [2.05, 4.69) is 5.32 Å². The summed E-state index contributed by atoms with van der Waals surface area (Å²) in [6.45, 7) is 2.82. The van der Waals surface area contributed by atoms with E-state index in [0.29, 0.717) is 12.0 Å². The fraction of sp³-hybridized carbons (Fsp3) is 0.500. The molecule has 96 valence electrons. The van der Waals surface area contributed by atoms with E-state index in [-0.39, 0.29) is 5.91 Å². The van der Waals surface area contributed by atoms with E-state index in [1.807, 2.05) is 17.0 Å². The topological polar surface area (TPSA) is 45.5 Å². The molecule has 4 heteroatoms. The van der Waals surface area contributed by atoms with Gasteiger partial charge in [-0.2, -0.15) is 0 Å². The number of rotatable bonds is 2. The molecule has 1 aromatic heterocycles. The highest BCUT2D eigenvalue weighted by Gasteiger charge is 2.35. The average molecular weight is 246 g/mol. The Morgan fingerprint density at radius 2 is 2.44 bits per heavy atom. The molecule has 0 aliphatic carbocycles. The van der Waals surface area contributed by atoms with Gasteiger partial charge in [0, 0.05) is 25.2 Å². The third kappa shape index (κ3) is 2.34. The van der Waals surface area contributed by atoms with Crippen molar-refractivity contribution in [3.63, 3.8) is 0 Å². The van der Waals surface area contributed by atoms with Crippen molar-refractivity contribution >= 4 is 12.0 Å². The summed E-state index contributed by atoms with van der Waals surface area (Å²) in [6.07, 6.45) is 7.42. The normalized spacial score (nSPS) is 27.7. The lowest BCUT2D eigenvalue weighted by molar-refractivity contribution is -0.125. The van der Waals surface area contributed by atoms with E-state index in [1.165, 1.54) is 12.8 Å². The van der Waals surface area contributed by atoms with E-state index >= 15 is 0 Å². The van der Waals surface area contributed by atoms with Crippen molar-refractivity contribution < 1.29 is 9.21 Å². The first-order chi connectivity index (χ1) is 8.83. The summed E-state index contributed by atoms with van der Waals surface area (Å²) in [4.78, 5) is 14.0. The largest absolute Gasteiger partial charge is 0.465 e. The Morgan fingerprint density at radius 3 is 3.22 bits per heavy atom. The van der Waals surface area contributed by atoms with E-state index in [1.54, 1.807) is 18.4 Å². The summed E-state index contributed by atoms with van der Waals surface area (Å²) in [5.74, 6) is 1.44. The molecule has 0 bridgehead atoms. The lowest BCUT2D eigenvalue weighted by Crippen LogP contribution is -2.40. The Kier molecular flexibility index (Phi) is 3.19. The van der Waals surface area contributed by atoms with Gasteiger partial charge in [0.05, 0.1) is 6.26 Å². The van der Waals surface area contributed by atoms with Gasteiger partial charge in [0.25, 0.3) is 0 Å². The first-order valence-corrected chi connectivity index (χ1v) is 6.57. The highest BCUT2D eigenvalue weighted by molar-refractivity contribution is 5.91. The van der Waals surface area contributed by atoms with Crippen molar-refractivity contribution in [1.82, 2.24) is 10.2 Å². The molecular weight excluding hydrogens is 228 g/mol. The smallest absolute Gasteiger partial charge is 0.246 e. The van der Waals surface area contributed by atoms with Crippen LogP contribution in [0.25, 0.3) is 6.08 Å². The quantitative estimate of drug-likeness (QED) is 0.804. The van der Waals surface area contributed by atoms with E-state index in [4.69, 9.17) is 4.42 Å². The molecule has 2 unspecified atom stereocenters. The highest BCUT2D eigenvalue weighted by atomic mass is 16.3. The summed E-state index contributed by atoms with van der Waals surface area (Å²) >= 11 is 0. The lowest BCUT2D eigenvalue weighted by atomic mass is 9.94. The Hall–Kier alpha value is -1.55. The van der Waals surface area contributed by atoms with Crippen molar-refractivity contribution in [3.05, 3.63) is 30.2 Å². The number of carbonyl (C=O) groups excluding carboxylic acids is 1. The molecule has 1 amide bonds. The second kappa shape index (κ2) is 4.98. The van der Waals surface area contributed by atoms with Gasteiger partial charge in [-0.25, -0.2) is 0 Å². The number of hydrogen-bond donors (Lipinski definition) is 1. The molecule has 4 nitrogen and oxygen atoms in total. The maximum absolute atomic E-state index is 12.1. The zero-order chi connectivity index (χ0) is 12.4. The fourth-order valence-corrected chi connectivity index (χ4v) is 2.87. The van der Waals surface area contributed by atoms with Gasteiger partial charge in [-0.1, -0.05) is 0 Å². The molecule has 1 aromatic rings. The van der Waals surface area contributed by atoms with Gasteiger partial charge in [0.1, 0.15) is 5.76 Å². The Morgan fingerprint density at radius 1 is 1.50 bits per heavy atom. The molecule has 3 heterocycles. The highest BCUT2D eigenvalue weighted by Crippen LogP contribution is 2.25. The van der Waals surface area contributed by atoms with Gasteiger partial charge < -0.3 is 14.6 Å². The van der Waals surface area contributed by atoms with Gasteiger partial charge in [0.15, 0.2) is 0 Å². The monoisotopic (exact) mass is 246 g/mol. The lowest BCUT2D eigenvalue weighted by Gasteiger charge is -2.24. The number of hydrogen-bond acceptors (Lipinski definition) is 3. The molecule has 2 aliphatic heterocycles. The molecule has 2 atom stereocenters. The van der Waals surface area contributed by atoms with Crippen LogP contribution >= 0.6 is 0 Å². The minimum atomic E-state index is 0.0857. The fourth-order valence-electron chi connectivity index (χ4n) is 2.87. The number of fused-ring (bicyclic) bond motifs is 1. The van der Waals surface area contributed by atoms with Crippen molar-refractivity contribution in [1.29, 1.82) is 0 Å².